The smallest absolute Gasteiger partial charge is 0.251 e. The highest BCUT2D eigenvalue weighted by atomic mass is 16.5. The van der Waals surface area contributed by atoms with Crippen LogP contribution in [0.15, 0.2) is 48.8 Å². The number of nitrogens with zero attached hydrogens (tertiary/aromatic N) is 2. The van der Waals surface area contributed by atoms with E-state index in [9.17, 15) is 4.79 Å². The van der Waals surface area contributed by atoms with Crippen LogP contribution < -0.4 is 24.3 Å². The normalized spacial score (nSPS) is 11.0. The number of anilines is 1. The van der Waals surface area contributed by atoms with E-state index in [0.29, 0.717) is 28.7 Å². The zero-order chi connectivity index (χ0) is 22.6. The van der Waals surface area contributed by atoms with Gasteiger partial charge in [0.15, 0.2) is 11.5 Å². The lowest BCUT2D eigenvalue weighted by Gasteiger charge is -2.25. The number of ether oxygens (including phenoxy) is 4. The quantitative estimate of drug-likeness (QED) is 0.588. The largest absolute Gasteiger partial charge is 0.497 e. The number of methoxy groups -OCH3 is 4. The molecule has 0 aliphatic carbocycles. The number of carbonyl (C=O) groups excluding carboxylic acids is 1. The van der Waals surface area contributed by atoms with Crippen LogP contribution in [0.4, 0.5) is 5.69 Å². The fraction of sp³-hybridized carbons (Fsp3) is 0.304. The van der Waals surface area contributed by atoms with Gasteiger partial charge in [-0.25, -0.2) is 0 Å². The van der Waals surface area contributed by atoms with Gasteiger partial charge in [0.1, 0.15) is 17.0 Å². The van der Waals surface area contributed by atoms with E-state index in [1.54, 1.807) is 71.4 Å². The number of aromatic nitrogens is 2. The van der Waals surface area contributed by atoms with Gasteiger partial charge >= 0.3 is 0 Å². The van der Waals surface area contributed by atoms with Gasteiger partial charge in [0, 0.05) is 17.8 Å². The Morgan fingerprint density at radius 1 is 0.871 bits per heavy atom. The van der Waals surface area contributed by atoms with E-state index in [-0.39, 0.29) is 5.91 Å². The molecule has 1 N–H and O–H groups in total. The molecule has 0 aliphatic rings. The summed E-state index contributed by atoms with van der Waals surface area (Å²) in [6.45, 7) is 3.59. The van der Waals surface area contributed by atoms with Crippen LogP contribution in [-0.2, 0) is 10.3 Å². The third kappa shape index (κ3) is 4.42. The van der Waals surface area contributed by atoms with Gasteiger partial charge in [-0.05, 0) is 43.7 Å². The molecule has 3 aromatic rings. The zero-order valence-corrected chi connectivity index (χ0v) is 18.6. The number of hydrogen-bond donors (Lipinski definition) is 1. The van der Waals surface area contributed by atoms with Crippen molar-refractivity contribution in [1.29, 1.82) is 0 Å². The number of hydrogen-bond acceptors (Lipinski definition) is 6. The maximum atomic E-state index is 13.1. The first-order valence-corrected chi connectivity index (χ1v) is 9.65. The molecule has 0 fully saturated rings. The van der Waals surface area contributed by atoms with Crippen LogP contribution in [0.3, 0.4) is 0 Å². The van der Waals surface area contributed by atoms with Crippen LogP contribution in [0, 0.1) is 0 Å². The average Bonchev–Trinajstić information content (AvgIpc) is 3.30. The Hall–Kier alpha value is -3.68. The molecule has 8 nitrogen and oxygen atoms in total. The van der Waals surface area contributed by atoms with Crippen molar-refractivity contribution in [2.24, 2.45) is 0 Å². The minimum Gasteiger partial charge on any atom is -0.497 e. The maximum Gasteiger partial charge on any atom is 0.251 e. The first kappa shape index (κ1) is 22.0. The molecule has 8 heteroatoms. The number of nitrogens with one attached hydrogen (secondary N) is 1. The molecule has 1 aromatic heterocycles. The Labute approximate surface area is 181 Å². The van der Waals surface area contributed by atoms with E-state index >= 15 is 0 Å². The van der Waals surface area contributed by atoms with E-state index in [0.717, 1.165) is 11.1 Å². The summed E-state index contributed by atoms with van der Waals surface area (Å²) in [6.07, 6.45) is 3.54. The summed E-state index contributed by atoms with van der Waals surface area (Å²) in [5.41, 5.74) is 1.34. The fourth-order valence-corrected chi connectivity index (χ4v) is 3.07. The maximum absolute atomic E-state index is 13.1. The van der Waals surface area contributed by atoms with Crippen LogP contribution in [0.1, 0.15) is 13.8 Å². The van der Waals surface area contributed by atoms with Crippen LogP contribution in [-0.4, -0.2) is 44.1 Å². The second kappa shape index (κ2) is 8.99. The van der Waals surface area contributed by atoms with Crippen molar-refractivity contribution in [3.8, 4) is 34.1 Å². The first-order valence-electron chi connectivity index (χ1n) is 9.65. The van der Waals surface area contributed by atoms with Crippen molar-refractivity contribution >= 4 is 11.6 Å². The lowest BCUT2D eigenvalue weighted by molar-refractivity contribution is -0.123. The molecule has 31 heavy (non-hydrogen) atoms. The summed E-state index contributed by atoms with van der Waals surface area (Å²) >= 11 is 0. The van der Waals surface area contributed by atoms with Crippen molar-refractivity contribution in [2.75, 3.05) is 33.8 Å². The molecule has 164 valence electrons. The highest BCUT2D eigenvalue weighted by Crippen LogP contribution is 2.33. The standard InChI is InChI=1S/C23H27N3O5/c1-23(2,22(27)25-18-9-8-17(28-3)12-20(18)30-5)26-14-16(13-24-26)15-7-10-19(29-4)21(11-15)31-6/h7-14H,1-6H3,(H,25,27). The third-order valence-corrected chi connectivity index (χ3v) is 5.08. The Bertz CT molecular complexity index is 1070. The summed E-state index contributed by atoms with van der Waals surface area (Å²) in [4.78, 5) is 13.1. The summed E-state index contributed by atoms with van der Waals surface area (Å²) in [5.74, 6) is 2.18. The Morgan fingerprint density at radius 2 is 1.58 bits per heavy atom. The molecule has 3 rings (SSSR count). The molecule has 0 aliphatic heterocycles. The molecule has 1 amide bonds. The minimum absolute atomic E-state index is 0.238. The molecule has 0 radical (unpaired) electrons. The average molecular weight is 425 g/mol. The van der Waals surface area contributed by atoms with Gasteiger partial charge < -0.3 is 24.3 Å². The highest BCUT2D eigenvalue weighted by molar-refractivity contribution is 5.97. The summed E-state index contributed by atoms with van der Waals surface area (Å²) in [6, 6.07) is 10.8. The molecule has 0 saturated carbocycles. The van der Waals surface area contributed by atoms with E-state index in [4.69, 9.17) is 18.9 Å². The lowest BCUT2D eigenvalue weighted by Crippen LogP contribution is -2.40. The molecule has 1 heterocycles. The van der Waals surface area contributed by atoms with E-state index in [1.165, 1.54) is 0 Å². The highest BCUT2D eigenvalue weighted by Gasteiger charge is 2.31. The van der Waals surface area contributed by atoms with Crippen molar-refractivity contribution in [3.63, 3.8) is 0 Å². The van der Waals surface area contributed by atoms with Crippen LogP contribution in [0.25, 0.3) is 11.1 Å². The number of rotatable bonds is 8. The summed E-state index contributed by atoms with van der Waals surface area (Å²) in [5, 5.41) is 7.34. The first-order chi connectivity index (χ1) is 14.8. The van der Waals surface area contributed by atoms with E-state index in [2.05, 4.69) is 10.4 Å². The molecule has 0 saturated heterocycles. The van der Waals surface area contributed by atoms with Gasteiger partial charge in [0.2, 0.25) is 0 Å². The molecule has 0 unspecified atom stereocenters. The molecule has 0 atom stereocenters. The van der Waals surface area contributed by atoms with Crippen LogP contribution >= 0.6 is 0 Å². The Kier molecular flexibility index (Phi) is 6.39. The topological polar surface area (TPSA) is 83.8 Å². The van der Waals surface area contributed by atoms with Gasteiger partial charge in [-0.3, -0.25) is 9.48 Å². The third-order valence-electron chi connectivity index (χ3n) is 5.08. The van der Waals surface area contributed by atoms with Crippen LogP contribution in [0.2, 0.25) is 0 Å². The number of amides is 1. The Balaban J connectivity index is 1.85. The molecule has 2 aromatic carbocycles. The molecular formula is C23H27N3O5. The van der Waals surface area contributed by atoms with Gasteiger partial charge in [-0.15, -0.1) is 0 Å². The van der Waals surface area contributed by atoms with Gasteiger partial charge in [-0.1, -0.05) is 6.07 Å². The monoisotopic (exact) mass is 425 g/mol. The summed E-state index contributed by atoms with van der Waals surface area (Å²) in [7, 11) is 6.29. The van der Waals surface area contributed by atoms with Crippen molar-refractivity contribution in [2.45, 2.75) is 19.4 Å². The van der Waals surface area contributed by atoms with E-state index < -0.39 is 5.54 Å². The second-order valence-electron chi connectivity index (χ2n) is 7.32. The summed E-state index contributed by atoms with van der Waals surface area (Å²) < 4.78 is 22.9. The number of carbonyl (C=O) groups is 1. The van der Waals surface area contributed by atoms with Crippen LogP contribution in [0.5, 0.6) is 23.0 Å². The lowest BCUT2D eigenvalue weighted by atomic mass is 10.0. The predicted octanol–water partition coefficient (Wildman–Crippen LogP) is 3.96. The number of benzene rings is 2. The van der Waals surface area contributed by atoms with Crippen molar-refractivity contribution < 1.29 is 23.7 Å². The van der Waals surface area contributed by atoms with Gasteiger partial charge in [0.05, 0.1) is 40.3 Å². The second-order valence-corrected chi connectivity index (χ2v) is 7.32. The van der Waals surface area contributed by atoms with Crippen molar-refractivity contribution in [1.82, 2.24) is 9.78 Å². The molecular weight excluding hydrogens is 398 g/mol. The minimum atomic E-state index is -0.959. The molecule has 0 spiro atoms. The van der Waals surface area contributed by atoms with Gasteiger partial charge in [0.25, 0.3) is 5.91 Å². The van der Waals surface area contributed by atoms with Gasteiger partial charge in [-0.2, -0.15) is 5.10 Å². The molecule has 0 bridgehead atoms. The SMILES string of the molecule is COc1ccc(NC(=O)C(C)(C)n2cc(-c3ccc(OC)c(OC)c3)cn2)c(OC)c1. The van der Waals surface area contributed by atoms with Crippen molar-refractivity contribution in [3.05, 3.63) is 48.8 Å². The van der Waals surface area contributed by atoms with E-state index in [1.807, 2.05) is 24.4 Å². The Morgan fingerprint density at radius 3 is 2.23 bits per heavy atom. The fourth-order valence-electron chi connectivity index (χ4n) is 3.07. The zero-order valence-electron chi connectivity index (χ0n) is 18.6. The predicted molar refractivity (Wildman–Crippen MR) is 118 cm³/mol.